The third-order valence-electron chi connectivity index (χ3n) is 3.97. The number of anilines is 1. The lowest BCUT2D eigenvalue weighted by atomic mass is 10.2. The van der Waals surface area contributed by atoms with E-state index in [4.69, 9.17) is 4.74 Å². The zero-order valence-electron chi connectivity index (χ0n) is 14.3. The van der Waals surface area contributed by atoms with E-state index in [0.717, 1.165) is 22.5 Å². The number of amides is 1. The Hall–Kier alpha value is -2.82. The van der Waals surface area contributed by atoms with E-state index in [9.17, 15) is 4.79 Å². The Labute approximate surface area is 141 Å². The second kappa shape index (κ2) is 6.35. The lowest BCUT2D eigenvalue weighted by Crippen LogP contribution is -2.11. The molecule has 0 aliphatic carbocycles. The Morgan fingerprint density at radius 3 is 2.71 bits per heavy atom. The maximum atomic E-state index is 12.4. The van der Waals surface area contributed by atoms with E-state index in [-0.39, 0.29) is 5.91 Å². The molecule has 1 aromatic heterocycles. The molecule has 1 amide bonds. The zero-order chi connectivity index (χ0) is 17.3. The first kappa shape index (κ1) is 16.1. The number of carbonyl (C=O) groups excluding carboxylic acids is 1. The molecule has 0 atom stereocenters. The lowest BCUT2D eigenvalue weighted by molar-refractivity contribution is 0.102. The van der Waals surface area contributed by atoms with Gasteiger partial charge in [-0.1, -0.05) is 6.07 Å². The quantitative estimate of drug-likeness (QED) is 0.783. The third kappa shape index (κ3) is 2.97. The normalized spacial score (nSPS) is 11.0. The average Bonchev–Trinajstić information content (AvgIpc) is 2.90. The summed E-state index contributed by atoms with van der Waals surface area (Å²) >= 11 is 0. The number of hydrogen-bond acceptors (Lipinski definition) is 3. The van der Waals surface area contributed by atoms with Crippen LogP contribution in [0.1, 0.15) is 36.1 Å². The zero-order valence-corrected chi connectivity index (χ0v) is 14.3. The van der Waals surface area contributed by atoms with Gasteiger partial charge in [0.05, 0.1) is 18.1 Å². The number of imidazole rings is 1. The summed E-state index contributed by atoms with van der Waals surface area (Å²) in [7, 11) is 1.58. The molecule has 3 aromatic rings. The first-order chi connectivity index (χ1) is 11.5. The number of ether oxygens (including phenoxy) is 1. The van der Waals surface area contributed by atoms with Crippen molar-refractivity contribution in [3.63, 3.8) is 0 Å². The predicted octanol–water partition coefficient (Wildman–Crippen LogP) is 4.19. The lowest BCUT2D eigenvalue weighted by Gasteiger charge is -2.11. The largest absolute Gasteiger partial charge is 0.497 e. The molecule has 3 rings (SSSR count). The summed E-state index contributed by atoms with van der Waals surface area (Å²) in [6, 6.07) is 13.2. The highest BCUT2D eigenvalue weighted by atomic mass is 16.5. The van der Waals surface area contributed by atoms with Crippen LogP contribution in [0.2, 0.25) is 0 Å². The molecule has 0 saturated carbocycles. The van der Waals surface area contributed by atoms with Crippen LogP contribution < -0.4 is 10.1 Å². The minimum atomic E-state index is -0.173. The van der Waals surface area contributed by atoms with Crippen molar-refractivity contribution in [3.05, 3.63) is 53.9 Å². The van der Waals surface area contributed by atoms with E-state index in [1.807, 2.05) is 31.2 Å². The van der Waals surface area contributed by atoms with Gasteiger partial charge in [0.2, 0.25) is 0 Å². The molecule has 0 aliphatic heterocycles. The average molecular weight is 323 g/mol. The van der Waals surface area contributed by atoms with Crippen molar-refractivity contribution >= 4 is 22.6 Å². The number of fused-ring (bicyclic) bond motifs is 1. The summed E-state index contributed by atoms with van der Waals surface area (Å²) in [5, 5.41) is 2.92. The molecule has 5 heteroatoms. The highest BCUT2D eigenvalue weighted by Gasteiger charge is 2.12. The second-order valence-corrected chi connectivity index (χ2v) is 6.01. The molecule has 2 aromatic carbocycles. The van der Waals surface area contributed by atoms with E-state index >= 15 is 0 Å². The van der Waals surface area contributed by atoms with Crippen LogP contribution in [0.15, 0.2) is 42.5 Å². The van der Waals surface area contributed by atoms with Gasteiger partial charge in [-0.05, 0) is 57.2 Å². The van der Waals surface area contributed by atoms with Crippen LogP contribution in [0.4, 0.5) is 5.69 Å². The molecular formula is C19H21N3O2. The Morgan fingerprint density at radius 2 is 2.00 bits per heavy atom. The molecule has 0 spiro atoms. The van der Waals surface area contributed by atoms with Gasteiger partial charge in [0.15, 0.2) is 0 Å². The van der Waals surface area contributed by atoms with Gasteiger partial charge in [-0.15, -0.1) is 0 Å². The molecular weight excluding hydrogens is 302 g/mol. The van der Waals surface area contributed by atoms with E-state index in [2.05, 4.69) is 28.7 Å². The van der Waals surface area contributed by atoms with Crippen LogP contribution >= 0.6 is 0 Å². The van der Waals surface area contributed by atoms with Gasteiger partial charge in [0.25, 0.3) is 5.91 Å². The Balaban J connectivity index is 1.89. The van der Waals surface area contributed by atoms with Gasteiger partial charge in [-0.2, -0.15) is 0 Å². The first-order valence-electron chi connectivity index (χ1n) is 7.93. The van der Waals surface area contributed by atoms with Gasteiger partial charge in [-0.25, -0.2) is 4.98 Å². The van der Waals surface area contributed by atoms with E-state index in [0.29, 0.717) is 17.4 Å². The van der Waals surface area contributed by atoms with Gasteiger partial charge >= 0.3 is 0 Å². The van der Waals surface area contributed by atoms with E-state index in [1.54, 1.807) is 25.3 Å². The van der Waals surface area contributed by atoms with Gasteiger partial charge in [0.1, 0.15) is 11.6 Å². The number of aryl methyl sites for hydroxylation is 1. The van der Waals surface area contributed by atoms with Crippen LogP contribution in [0.25, 0.3) is 11.0 Å². The minimum Gasteiger partial charge on any atom is -0.497 e. The topological polar surface area (TPSA) is 56.1 Å². The molecule has 1 heterocycles. The monoisotopic (exact) mass is 323 g/mol. The summed E-state index contributed by atoms with van der Waals surface area (Å²) < 4.78 is 7.34. The maximum absolute atomic E-state index is 12.4. The fraction of sp³-hybridized carbons (Fsp3) is 0.263. The fourth-order valence-corrected chi connectivity index (χ4v) is 2.92. The summed E-state index contributed by atoms with van der Waals surface area (Å²) in [5.74, 6) is 1.45. The molecule has 5 nitrogen and oxygen atoms in total. The molecule has 1 N–H and O–H groups in total. The highest BCUT2D eigenvalue weighted by molar-refractivity contribution is 6.05. The Bertz CT molecular complexity index is 897. The van der Waals surface area contributed by atoms with Crippen molar-refractivity contribution in [2.24, 2.45) is 0 Å². The molecule has 0 fully saturated rings. The molecule has 0 unspecified atom stereocenters. The van der Waals surface area contributed by atoms with Crippen LogP contribution in [0.5, 0.6) is 5.75 Å². The number of benzene rings is 2. The van der Waals surface area contributed by atoms with E-state index < -0.39 is 0 Å². The molecule has 0 aliphatic rings. The summed E-state index contributed by atoms with van der Waals surface area (Å²) in [6.45, 7) is 6.26. The van der Waals surface area contributed by atoms with Crippen molar-refractivity contribution in [1.82, 2.24) is 9.55 Å². The number of nitrogens with one attached hydrogen (secondary N) is 1. The molecule has 0 radical (unpaired) electrons. The number of hydrogen-bond donors (Lipinski definition) is 1. The standard InChI is InChI=1S/C19H21N3O2/c1-12(2)22-13(3)20-17-11-15(8-9-18(17)22)21-19(23)14-6-5-7-16(10-14)24-4/h5-12H,1-4H3,(H,21,23). The number of nitrogens with zero attached hydrogens (tertiary/aromatic N) is 2. The number of carbonyl (C=O) groups is 1. The molecule has 124 valence electrons. The Kier molecular flexibility index (Phi) is 4.25. The molecule has 0 saturated heterocycles. The third-order valence-corrected chi connectivity index (χ3v) is 3.97. The van der Waals surface area contributed by atoms with Gasteiger partial charge < -0.3 is 14.6 Å². The smallest absolute Gasteiger partial charge is 0.255 e. The molecule has 0 bridgehead atoms. The van der Waals surface area contributed by atoms with Crippen molar-refractivity contribution in [1.29, 1.82) is 0 Å². The SMILES string of the molecule is COc1cccc(C(=O)Nc2ccc3c(c2)nc(C)n3C(C)C)c1. The van der Waals surface area contributed by atoms with Gasteiger partial charge in [0, 0.05) is 17.3 Å². The first-order valence-corrected chi connectivity index (χ1v) is 7.93. The number of aromatic nitrogens is 2. The summed E-state index contributed by atoms with van der Waals surface area (Å²) in [5.41, 5.74) is 3.23. The molecule has 24 heavy (non-hydrogen) atoms. The minimum absolute atomic E-state index is 0.173. The predicted molar refractivity (Wildman–Crippen MR) is 95.8 cm³/mol. The summed E-state index contributed by atoms with van der Waals surface area (Å²) in [4.78, 5) is 17.0. The fourth-order valence-electron chi connectivity index (χ4n) is 2.92. The van der Waals surface area contributed by atoms with Crippen molar-refractivity contribution < 1.29 is 9.53 Å². The van der Waals surface area contributed by atoms with Crippen LogP contribution in [0.3, 0.4) is 0 Å². The van der Waals surface area contributed by atoms with Crippen LogP contribution in [-0.2, 0) is 0 Å². The highest BCUT2D eigenvalue weighted by Crippen LogP contribution is 2.24. The van der Waals surface area contributed by atoms with Crippen molar-refractivity contribution in [2.75, 3.05) is 12.4 Å². The van der Waals surface area contributed by atoms with E-state index in [1.165, 1.54) is 0 Å². The van der Waals surface area contributed by atoms with Crippen LogP contribution in [-0.4, -0.2) is 22.6 Å². The number of rotatable bonds is 4. The maximum Gasteiger partial charge on any atom is 0.255 e. The summed E-state index contributed by atoms with van der Waals surface area (Å²) in [6.07, 6.45) is 0. The second-order valence-electron chi connectivity index (χ2n) is 6.01. The number of methoxy groups -OCH3 is 1. The van der Waals surface area contributed by atoms with Crippen LogP contribution in [0, 0.1) is 6.92 Å². The Morgan fingerprint density at radius 1 is 1.21 bits per heavy atom. The van der Waals surface area contributed by atoms with Crippen molar-refractivity contribution in [3.8, 4) is 5.75 Å². The van der Waals surface area contributed by atoms with Gasteiger partial charge in [-0.3, -0.25) is 4.79 Å². The van der Waals surface area contributed by atoms with Crippen molar-refractivity contribution in [2.45, 2.75) is 26.8 Å².